The first-order valence-electron chi connectivity index (χ1n) is 5.42. The van der Waals surface area contributed by atoms with Gasteiger partial charge in [-0.05, 0) is 31.5 Å². The number of benzene rings is 1. The van der Waals surface area contributed by atoms with Crippen LogP contribution in [-0.2, 0) is 5.75 Å². The Labute approximate surface area is 114 Å². The van der Waals surface area contributed by atoms with Crippen molar-refractivity contribution in [2.75, 3.05) is 0 Å². The fraction of sp³-hybridized carbons (Fsp3) is 0.333. The molecular formula is C12H12ClFN2OS. The van der Waals surface area contributed by atoms with Crippen molar-refractivity contribution in [2.45, 2.75) is 24.9 Å². The first-order chi connectivity index (χ1) is 8.56. The van der Waals surface area contributed by atoms with E-state index in [1.54, 1.807) is 24.8 Å². The highest BCUT2D eigenvalue weighted by atomic mass is 35.5. The summed E-state index contributed by atoms with van der Waals surface area (Å²) < 4.78 is 18.0. The van der Waals surface area contributed by atoms with Crippen LogP contribution >= 0.6 is 23.4 Å². The average molecular weight is 287 g/mol. The molecule has 0 amide bonds. The lowest BCUT2D eigenvalue weighted by Crippen LogP contribution is -1.91. The van der Waals surface area contributed by atoms with Crippen molar-refractivity contribution in [1.82, 2.24) is 10.1 Å². The van der Waals surface area contributed by atoms with Gasteiger partial charge in [0.05, 0.1) is 5.25 Å². The van der Waals surface area contributed by atoms with Crippen LogP contribution in [0.3, 0.4) is 0 Å². The molecule has 0 bridgehead atoms. The standard InChI is InChI=1S/C12H12ClFN2OS/c1-7(12-15-8(2)16-17-12)18-6-9-3-4-10(14)5-11(9)13/h3-5,7H,6H2,1-2H3/t7-/m1/s1. The summed E-state index contributed by atoms with van der Waals surface area (Å²) in [5.74, 6) is 1.56. The van der Waals surface area contributed by atoms with Gasteiger partial charge in [0.2, 0.25) is 5.89 Å². The number of aryl methyl sites for hydroxylation is 1. The van der Waals surface area contributed by atoms with E-state index in [2.05, 4.69) is 10.1 Å². The highest BCUT2D eigenvalue weighted by molar-refractivity contribution is 7.98. The SMILES string of the molecule is Cc1noc([C@@H](C)SCc2ccc(F)cc2Cl)n1. The molecule has 0 aliphatic heterocycles. The van der Waals surface area contributed by atoms with Gasteiger partial charge >= 0.3 is 0 Å². The third kappa shape index (κ3) is 3.23. The van der Waals surface area contributed by atoms with Crippen molar-refractivity contribution in [3.63, 3.8) is 0 Å². The molecule has 6 heteroatoms. The summed E-state index contributed by atoms with van der Waals surface area (Å²) in [7, 11) is 0. The zero-order valence-corrected chi connectivity index (χ0v) is 11.6. The predicted octanol–water partition coefficient (Wildman–Crippen LogP) is 4.16. The van der Waals surface area contributed by atoms with E-state index in [-0.39, 0.29) is 11.1 Å². The van der Waals surface area contributed by atoms with Crippen LogP contribution in [0.2, 0.25) is 5.02 Å². The molecule has 0 spiro atoms. The van der Waals surface area contributed by atoms with Crippen molar-refractivity contribution in [1.29, 1.82) is 0 Å². The molecule has 0 unspecified atom stereocenters. The summed E-state index contributed by atoms with van der Waals surface area (Å²) >= 11 is 7.57. The molecule has 18 heavy (non-hydrogen) atoms. The normalized spacial score (nSPS) is 12.7. The van der Waals surface area contributed by atoms with E-state index >= 15 is 0 Å². The molecule has 0 saturated carbocycles. The smallest absolute Gasteiger partial charge is 0.239 e. The van der Waals surface area contributed by atoms with Gasteiger partial charge in [0.25, 0.3) is 0 Å². The maximum absolute atomic E-state index is 12.9. The van der Waals surface area contributed by atoms with Gasteiger partial charge in [-0.2, -0.15) is 4.98 Å². The van der Waals surface area contributed by atoms with Crippen LogP contribution in [0.4, 0.5) is 4.39 Å². The zero-order chi connectivity index (χ0) is 13.1. The lowest BCUT2D eigenvalue weighted by atomic mass is 10.2. The fourth-order valence-corrected chi connectivity index (χ4v) is 2.64. The lowest BCUT2D eigenvalue weighted by Gasteiger charge is -2.07. The second-order valence-electron chi connectivity index (χ2n) is 3.87. The maximum atomic E-state index is 12.9. The molecule has 1 atom stereocenters. The van der Waals surface area contributed by atoms with Gasteiger partial charge in [0, 0.05) is 10.8 Å². The predicted molar refractivity (Wildman–Crippen MR) is 70.2 cm³/mol. The van der Waals surface area contributed by atoms with Gasteiger partial charge in [-0.15, -0.1) is 11.8 Å². The monoisotopic (exact) mass is 286 g/mol. The Morgan fingerprint density at radius 3 is 2.89 bits per heavy atom. The molecule has 0 aliphatic carbocycles. The maximum Gasteiger partial charge on any atom is 0.239 e. The third-order valence-electron chi connectivity index (χ3n) is 2.39. The Bertz CT molecular complexity index is 547. The minimum atomic E-state index is -0.325. The summed E-state index contributed by atoms with van der Waals surface area (Å²) in [4.78, 5) is 4.17. The van der Waals surface area contributed by atoms with E-state index in [0.29, 0.717) is 22.5 Å². The van der Waals surface area contributed by atoms with Crippen molar-refractivity contribution in [3.05, 3.63) is 46.3 Å². The highest BCUT2D eigenvalue weighted by Crippen LogP contribution is 2.32. The van der Waals surface area contributed by atoms with E-state index in [4.69, 9.17) is 16.1 Å². The number of aromatic nitrogens is 2. The molecule has 1 aromatic carbocycles. The second-order valence-corrected chi connectivity index (χ2v) is 5.61. The molecule has 96 valence electrons. The molecule has 0 N–H and O–H groups in total. The number of nitrogens with zero attached hydrogens (tertiary/aromatic N) is 2. The van der Waals surface area contributed by atoms with Gasteiger partial charge in [0.1, 0.15) is 5.82 Å². The molecule has 1 heterocycles. The van der Waals surface area contributed by atoms with E-state index in [9.17, 15) is 4.39 Å². The summed E-state index contributed by atoms with van der Waals surface area (Å²) in [6, 6.07) is 4.42. The minimum absolute atomic E-state index is 0.0762. The number of halogens is 2. The van der Waals surface area contributed by atoms with Gasteiger partial charge in [-0.25, -0.2) is 4.39 Å². The van der Waals surface area contributed by atoms with E-state index in [1.807, 2.05) is 6.92 Å². The number of thioether (sulfide) groups is 1. The van der Waals surface area contributed by atoms with Crippen LogP contribution in [0.1, 0.15) is 29.5 Å². The van der Waals surface area contributed by atoms with Crippen molar-refractivity contribution >= 4 is 23.4 Å². The fourth-order valence-electron chi connectivity index (χ4n) is 1.40. The van der Waals surface area contributed by atoms with Gasteiger partial charge < -0.3 is 4.52 Å². The number of hydrogen-bond donors (Lipinski definition) is 0. The molecule has 0 aliphatic rings. The largest absolute Gasteiger partial charge is 0.338 e. The summed E-state index contributed by atoms with van der Waals surface area (Å²) in [6.07, 6.45) is 0. The Morgan fingerprint density at radius 1 is 1.50 bits per heavy atom. The molecular weight excluding hydrogens is 275 g/mol. The van der Waals surface area contributed by atoms with Gasteiger partial charge in [-0.1, -0.05) is 22.8 Å². The van der Waals surface area contributed by atoms with Crippen LogP contribution in [0.25, 0.3) is 0 Å². The number of hydrogen-bond acceptors (Lipinski definition) is 4. The van der Waals surface area contributed by atoms with Gasteiger partial charge in [0.15, 0.2) is 5.82 Å². The van der Waals surface area contributed by atoms with Crippen molar-refractivity contribution < 1.29 is 8.91 Å². The minimum Gasteiger partial charge on any atom is -0.338 e. The zero-order valence-electron chi connectivity index (χ0n) is 9.98. The molecule has 2 aromatic rings. The quantitative estimate of drug-likeness (QED) is 0.846. The van der Waals surface area contributed by atoms with E-state index in [0.717, 1.165) is 5.56 Å². The topological polar surface area (TPSA) is 38.9 Å². The Hall–Kier alpha value is -1.07. The molecule has 0 radical (unpaired) electrons. The Balaban J connectivity index is 1.99. The number of rotatable bonds is 4. The molecule has 0 saturated heterocycles. The van der Waals surface area contributed by atoms with Crippen LogP contribution in [0.5, 0.6) is 0 Å². The highest BCUT2D eigenvalue weighted by Gasteiger charge is 2.14. The van der Waals surface area contributed by atoms with Gasteiger partial charge in [-0.3, -0.25) is 0 Å². The van der Waals surface area contributed by atoms with E-state index in [1.165, 1.54) is 12.1 Å². The van der Waals surface area contributed by atoms with Crippen molar-refractivity contribution in [3.8, 4) is 0 Å². The first kappa shape index (κ1) is 13.4. The van der Waals surface area contributed by atoms with Crippen LogP contribution in [-0.4, -0.2) is 10.1 Å². The Morgan fingerprint density at radius 2 is 2.28 bits per heavy atom. The molecule has 0 fully saturated rings. The van der Waals surface area contributed by atoms with Crippen LogP contribution in [0, 0.1) is 12.7 Å². The molecule has 1 aromatic heterocycles. The van der Waals surface area contributed by atoms with Crippen molar-refractivity contribution in [2.24, 2.45) is 0 Å². The third-order valence-corrected chi connectivity index (χ3v) is 3.93. The van der Waals surface area contributed by atoms with Crippen LogP contribution < -0.4 is 0 Å². The summed E-state index contributed by atoms with van der Waals surface area (Å²) in [5.41, 5.74) is 0.895. The van der Waals surface area contributed by atoms with E-state index < -0.39 is 0 Å². The summed E-state index contributed by atoms with van der Waals surface area (Å²) in [6.45, 7) is 3.76. The Kier molecular flexibility index (Phi) is 4.24. The molecule has 2 rings (SSSR count). The lowest BCUT2D eigenvalue weighted by molar-refractivity contribution is 0.376. The van der Waals surface area contributed by atoms with Crippen LogP contribution in [0.15, 0.2) is 22.7 Å². The summed E-state index contributed by atoms with van der Waals surface area (Å²) in [5, 5.41) is 4.26. The first-order valence-corrected chi connectivity index (χ1v) is 6.84. The second kappa shape index (κ2) is 5.71. The average Bonchev–Trinajstić information content (AvgIpc) is 2.74. The molecule has 3 nitrogen and oxygen atoms in total.